The zero-order valence-corrected chi connectivity index (χ0v) is 12.9. The largest absolute Gasteiger partial charge is 0.466 e. The SMILES string of the molecule is CCCCCC(=O)OCCC1C(=O)N2NCNC2NC1C. The summed E-state index contributed by atoms with van der Waals surface area (Å²) in [6.45, 7) is 4.97. The first-order valence-corrected chi connectivity index (χ1v) is 7.85. The monoisotopic (exact) mass is 298 g/mol. The molecule has 1 amide bonds. The molecule has 0 aromatic rings. The lowest BCUT2D eigenvalue weighted by atomic mass is 9.94. The van der Waals surface area contributed by atoms with Gasteiger partial charge < -0.3 is 4.74 Å². The van der Waals surface area contributed by atoms with E-state index in [1.807, 2.05) is 6.92 Å². The predicted molar refractivity (Wildman–Crippen MR) is 77.6 cm³/mol. The van der Waals surface area contributed by atoms with Crippen LogP contribution in [0.25, 0.3) is 0 Å². The predicted octanol–water partition coefficient (Wildman–Crippen LogP) is 0.285. The highest BCUT2D eigenvalue weighted by Gasteiger charge is 2.41. The van der Waals surface area contributed by atoms with Crippen LogP contribution in [0.5, 0.6) is 0 Å². The van der Waals surface area contributed by atoms with Gasteiger partial charge in [0, 0.05) is 12.5 Å². The average molecular weight is 298 g/mol. The molecular weight excluding hydrogens is 272 g/mol. The van der Waals surface area contributed by atoms with Crippen molar-refractivity contribution in [1.82, 2.24) is 21.1 Å². The number of hydrogen-bond acceptors (Lipinski definition) is 6. The molecule has 2 rings (SSSR count). The summed E-state index contributed by atoms with van der Waals surface area (Å²) in [5.74, 6) is -0.276. The van der Waals surface area contributed by atoms with E-state index >= 15 is 0 Å². The number of ether oxygens (including phenoxy) is 1. The summed E-state index contributed by atoms with van der Waals surface area (Å²) >= 11 is 0. The average Bonchev–Trinajstić information content (AvgIpc) is 2.91. The van der Waals surface area contributed by atoms with Crippen LogP contribution in [0.15, 0.2) is 0 Å². The summed E-state index contributed by atoms with van der Waals surface area (Å²) in [5, 5.41) is 8.06. The van der Waals surface area contributed by atoms with E-state index in [0.717, 1.165) is 19.3 Å². The van der Waals surface area contributed by atoms with Gasteiger partial charge in [0.2, 0.25) is 5.91 Å². The lowest BCUT2D eigenvalue weighted by Gasteiger charge is -2.38. The van der Waals surface area contributed by atoms with Crippen LogP contribution in [0.4, 0.5) is 0 Å². The highest BCUT2D eigenvalue weighted by atomic mass is 16.5. The number of nitrogens with zero attached hydrogens (tertiary/aromatic N) is 1. The molecule has 0 saturated carbocycles. The topological polar surface area (TPSA) is 82.7 Å². The third-order valence-electron chi connectivity index (χ3n) is 4.06. The third-order valence-corrected chi connectivity index (χ3v) is 4.06. The molecule has 0 aromatic carbocycles. The van der Waals surface area contributed by atoms with Crippen LogP contribution in [0.1, 0.15) is 46.0 Å². The maximum atomic E-state index is 12.3. The molecule has 21 heavy (non-hydrogen) atoms. The highest BCUT2D eigenvalue weighted by molar-refractivity contribution is 5.80. The van der Waals surface area contributed by atoms with Crippen molar-refractivity contribution in [2.45, 2.75) is 58.3 Å². The summed E-state index contributed by atoms with van der Waals surface area (Å²) in [4.78, 5) is 23.9. The van der Waals surface area contributed by atoms with Gasteiger partial charge in [-0.05, 0) is 19.8 Å². The molecule has 2 heterocycles. The molecule has 0 spiro atoms. The first kappa shape index (κ1) is 16.2. The number of carbonyl (C=O) groups is 2. The van der Waals surface area contributed by atoms with E-state index in [1.54, 1.807) is 5.01 Å². The van der Waals surface area contributed by atoms with Crippen LogP contribution < -0.4 is 16.1 Å². The smallest absolute Gasteiger partial charge is 0.305 e. The normalized spacial score (nSPS) is 28.6. The Morgan fingerprint density at radius 2 is 2.24 bits per heavy atom. The summed E-state index contributed by atoms with van der Waals surface area (Å²) < 4.78 is 5.23. The number of unbranched alkanes of at least 4 members (excludes halogenated alkanes) is 2. The zero-order valence-electron chi connectivity index (χ0n) is 12.9. The molecule has 0 aromatic heterocycles. The van der Waals surface area contributed by atoms with Gasteiger partial charge in [0.25, 0.3) is 0 Å². The van der Waals surface area contributed by atoms with Crippen molar-refractivity contribution < 1.29 is 14.3 Å². The van der Waals surface area contributed by atoms with Gasteiger partial charge in [-0.2, -0.15) is 0 Å². The van der Waals surface area contributed by atoms with E-state index in [4.69, 9.17) is 4.74 Å². The molecule has 2 aliphatic heterocycles. The van der Waals surface area contributed by atoms with Gasteiger partial charge in [-0.3, -0.25) is 20.2 Å². The Bertz CT molecular complexity index is 377. The molecule has 2 saturated heterocycles. The molecular formula is C14H26N4O3. The van der Waals surface area contributed by atoms with Crippen molar-refractivity contribution in [3.05, 3.63) is 0 Å². The van der Waals surface area contributed by atoms with Crippen LogP contribution in [0.2, 0.25) is 0 Å². The van der Waals surface area contributed by atoms with E-state index in [0.29, 0.717) is 26.1 Å². The molecule has 0 radical (unpaired) electrons. The Balaban J connectivity index is 1.72. The molecule has 3 N–H and O–H groups in total. The standard InChI is InChI=1S/C14H26N4O3/c1-3-4-5-6-12(19)21-8-7-11-10(2)17-14-15-9-16-18(14)13(11)20/h10-11,14-17H,3-9H2,1-2H3. The summed E-state index contributed by atoms with van der Waals surface area (Å²) in [6, 6.07) is 0.0601. The highest BCUT2D eigenvalue weighted by Crippen LogP contribution is 2.20. The van der Waals surface area contributed by atoms with Crippen molar-refractivity contribution in [3.63, 3.8) is 0 Å². The molecule has 120 valence electrons. The molecule has 2 fully saturated rings. The Morgan fingerprint density at radius 1 is 1.43 bits per heavy atom. The first-order chi connectivity index (χ1) is 10.1. The fourth-order valence-corrected chi connectivity index (χ4v) is 2.77. The number of fused-ring (bicyclic) bond motifs is 1. The maximum Gasteiger partial charge on any atom is 0.305 e. The van der Waals surface area contributed by atoms with Crippen LogP contribution >= 0.6 is 0 Å². The van der Waals surface area contributed by atoms with Crippen LogP contribution in [-0.4, -0.2) is 42.5 Å². The quantitative estimate of drug-likeness (QED) is 0.463. The van der Waals surface area contributed by atoms with E-state index < -0.39 is 0 Å². The molecule has 0 aliphatic carbocycles. The van der Waals surface area contributed by atoms with E-state index in [1.165, 1.54) is 0 Å². The maximum absolute atomic E-state index is 12.3. The van der Waals surface area contributed by atoms with Crippen molar-refractivity contribution in [2.24, 2.45) is 5.92 Å². The second-order valence-corrected chi connectivity index (χ2v) is 5.68. The fourth-order valence-electron chi connectivity index (χ4n) is 2.77. The molecule has 0 bridgehead atoms. The lowest BCUT2D eigenvalue weighted by Crippen LogP contribution is -2.64. The van der Waals surface area contributed by atoms with Gasteiger partial charge in [-0.15, -0.1) is 0 Å². The van der Waals surface area contributed by atoms with E-state index in [2.05, 4.69) is 23.0 Å². The Morgan fingerprint density at radius 3 is 3.00 bits per heavy atom. The number of amides is 1. The van der Waals surface area contributed by atoms with Gasteiger partial charge in [0.1, 0.15) is 0 Å². The number of esters is 1. The number of carbonyl (C=O) groups excluding carboxylic acids is 2. The molecule has 7 heteroatoms. The van der Waals surface area contributed by atoms with Crippen molar-refractivity contribution in [1.29, 1.82) is 0 Å². The Labute approximate surface area is 125 Å². The van der Waals surface area contributed by atoms with Crippen LogP contribution in [0.3, 0.4) is 0 Å². The zero-order chi connectivity index (χ0) is 15.2. The number of hydrogen-bond donors (Lipinski definition) is 3. The molecule has 2 aliphatic rings. The van der Waals surface area contributed by atoms with E-state index in [9.17, 15) is 9.59 Å². The third kappa shape index (κ3) is 4.15. The summed E-state index contributed by atoms with van der Waals surface area (Å²) in [6.07, 6.45) is 3.90. The van der Waals surface area contributed by atoms with Crippen molar-refractivity contribution in [2.75, 3.05) is 13.3 Å². The second kappa shape index (κ2) is 7.72. The minimum Gasteiger partial charge on any atom is -0.466 e. The fraction of sp³-hybridized carbons (Fsp3) is 0.857. The Hall–Kier alpha value is -1.18. The minimum absolute atomic E-state index is 0.0540. The summed E-state index contributed by atoms with van der Waals surface area (Å²) in [5.41, 5.74) is 2.99. The number of hydrazine groups is 1. The van der Waals surface area contributed by atoms with Gasteiger partial charge in [-0.25, -0.2) is 10.4 Å². The van der Waals surface area contributed by atoms with Crippen molar-refractivity contribution in [3.8, 4) is 0 Å². The van der Waals surface area contributed by atoms with Crippen LogP contribution in [-0.2, 0) is 14.3 Å². The molecule has 3 atom stereocenters. The molecule has 3 unspecified atom stereocenters. The van der Waals surface area contributed by atoms with Gasteiger partial charge in [-0.1, -0.05) is 19.8 Å². The molecule has 7 nitrogen and oxygen atoms in total. The van der Waals surface area contributed by atoms with Gasteiger partial charge in [0.15, 0.2) is 6.29 Å². The van der Waals surface area contributed by atoms with Gasteiger partial charge in [0.05, 0.1) is 19.2 Å². The van der Waals surface area contributed by atoms with E-state index in [-0.39, 0.29) is 30.1 Å². The number of nitrogens with one attached hydrogen (secondary N) is 3. The Kier molecular flexibility index (Phi) is 5.96. The van der Waals surface area contributed by atoms with Crippen LogP contribution in [0, 0.1) is 5.92 Å². The van der Waals surface area contributed by atoms with Crippen molar-refractivity contribution >= 4 is 11.9 Å². The summed E-state index contributed by atoms with van der Waals surface area (Å²) in [7, 11) is 0. The number of rotatable bonds is 7. The first-order valence-electron chi connectivity index (χ1n) is 7.85. The minimum atomic E-state index is -0.169. The second-order valence-electron chi connectivity index (χ2n) is 5.68. The lowest BCUT2D eigenvalue weighted by molar-refractivity contribution is -0.150. The van der Waals surface area contributed by atoms with Gasteiger partial charge >= 0.3 is 5.97 Å².